The summed E-state index contributed by atoms with van der Waals surface area (Å²) in [4.78, 5) is 22.6. The fraction of sp³-hybridized carbons (Fsp3) is 0.444. The highest BCUT2D eigenvalue weighted by molar-refractivity contribution is 5.66. The topological polar surface area (TPSA) is 83.3 Å². The van der Waals surface area contributed by atoms with Crippen molar-refractivity contribution in [2.24, 2.45) is 0 Å². The minimum absolute atomic E-state index is 0.0187. The Morgan fingerprint density at radius 1 is 1.24 bits per heavy atom. The molecule has 7 nitrogen and oxygen atoms in total. The van der Waals surface area contributed by atoms with E-state index in [4.69, 9.17) is 10.1 Å². The average molecular weight is 460 g/mol. The van der Waals surface area contributed by atoms with Crippen molar-refractivity contribution < 1.29 is 9.90 Å². The van der Waals surface area contributed by atoms with Crippen molar-refractivity contribution in [1.29, 1.82) is 0 Å². The summed E-state index contributed by atoms with van der Waals surface area (Å²) in [5.74, 6) is 0.340. The number of aromatic nitrogens is 3. The van der Waals surface area contributed by atoms with Gasteiger partial charge in [-0.15, -0.1) is 0 Å². The summed E-state index contributed by atoms with van der Waals surface area (Å²) in [6.07, 6.45) is 11.8. The number of carboxylic acid groups (broad SMARTS) is 1. The first kappa shape index (κ1) is 22.6. The van der Waals surface area contributed by atoms with E-state index in [0.29, 0.717) is 6.42 Å². The second kappa shape index (κ2) is 9.97. The molecule has 0 aliphatic carbocycles. The molecule has 1 saturated heterocycles. The number of nitrogens with zero attached hydrogens (tertiary/aromatic N) is 4. The summed E-state index contributed by atoms with van der Waals surface area (Å²) >= 11 is 0. The van der Waals surface area contributed by atoms with Gasteiger partial charge >= 0.3 is 5.97 Å². The predicted molar refractivity (Wildman–Crippen MR) is 133 cm³/mol. The van der Waals surface area contributed by atoms with Crippen LogP contribution < -0.4 is 5.32 Å². The Morgan fingerprint density at radius 3 is 3.03 bits per heavy atom. The van der Waals surface area contributed by atoms with Crippen LogP contribution in [-0.4, -0.2) is 56.7 Å². The number of rotatable bonds is 9. The normalized spacial score (nSPS) is 20.1. The maximum atomic E-state index is 11.0. The molecule has 5 rings (SSSR count). The molecule has 2 N–H and O–H groups in total. The second-order valence-electron chi connectivity index (χ2n) is 9.66. The number of hydrogen-bond acceptors (Lipinski definition) is 5. The zero-order chi connectivity index (χ0) is 23.4. The molecule has 7 heteroatoms. The van der Waals surface area contributed by atoms with Gasteiger partial charge in [0.1, 0.15) is 5.82 Å². The molecule has 2 aliphatic rings. The van der Waals surface area contributed by atoms with Gasteiger partial charge in [0, 0.05) is 48.7 Å². The first-order valence-corrected chi connectivity index (χ1v) is 12.4. The van der Waals surface area contributed by atoms with Crippen LogP contribution in [-0.2, 0) is 23.1 Å². The number of likely N-dealkylation sites (tertiary alicyclic amines) is 1. The van der Waals surface area contributed by atoms with Crippen LogP contribution in [0.2, 0.25) is 0 Å². The van der Waals surface area contributed by atoms with Gasteiger partial charge in [-0.1, -0.05) is 18.2 Å². The molecule has 0 unspecified atom stereocenters. The predicted octanol–water partition coefficient (Wildman–Crippen LogP) is 4.07. The Labute approximate surface area is 200 Å². The van der Waals surface area contributed by atoms with E-state index in [1.807, 2.05) is 17.1 Å². The fourth-order valence-electron chi connectivity index (χ4n) is 5.47. The molecule has 178 valence electrons. The lowest BCUT2D eigenvalue weighted by Gasteiger charge is -2.31. The third-order valence-corrected chi connectivity index (χ3v) is 7.37. The van der Waals surface area contributed by atoms with Crippen molar-refractivity contribution in [1.82, 2.24) is 19.4 Å². The van der Waals surface area contributed by atoms with Crippen molar-refractivity contribution in [3.63, 3.8) is 0 Å². The van der Waals surface area contributed by atoms with Gasteiger partial charge in [0.05, 0.1) is 6.33 Å². The second-order valence-corrected chi connectivity index (χ2v) is 9.66. The standard InChI is InChI=1S/C27H33N5O2/c33-25(34)7-3-15-31-16-12-27(19-31,22-5-1-6-24(18-22)32-17-14-28-20-32)11-10-23-9-8-21-4-2-13-29-26(21)30-23/h1,5-6,8-9,14,17-18,20H,2-4,7,10-13,15-16,19H2,(H,29,30)(H,33,34)/t27-/m0/s1. The van der Waals surface area contributed by atoms with Gasteiger partial charge in [-0.2, -0.15) is 0 Å². The number of carboxylic acids is 1. The molecule has 3 aromatic rings. The first-order chi connectivity index (χ1) is 16.6. The van der Waals surface area contributed by atoms with Crippen LogP contribution in [0.5, 0.6) is 0 Å². The van der Waals surface area contributed by atoms with E-state index >= 15 is 0 Å². The van der Waals surface area contributed by atoms with E-state index < -0.39 is 5.97 Å². The Morgan fingerprint density at radius 2 is 2.18 bits per heavy atom. The number of aryl methyl sites for hydroxylation is 2. The van der Waals surface area contributed by atoms with Crippen molar-refractivity contribution in [2.45, 2.75) is 50.4 Å². The van der Waals surface area contributed by atoms with Crippen molar-refractivity contribution in [2.75, 3.05) is 31.5 Å². The van der Waals surface area contributed by atoms with E-state index in [0.717, 1.165) is 69.1 Å². The zero-order valence-electron chi connectivity index (χ0n) is 19.6. The smallest absolute Gasteiger partial charge is 0.303 e. The van der Waals surface area contributed by atoms with Gasteiger partial charge < -0.3 is 19.9 Å². The Balaban J connectivity index is 1.38. The van der Waals surface area contributed by atoms with E-state index in [2.05, 4.69) is 51.6 Å². The van der Waals surface area contributed by atoms with Crippen LogP contribution >= 0.6 is 0 Å². The van der Waals surface area contributed by atoms with Crippen LogP contribution in [0, 0.1) is 0 Å². The van der Waals surface area contributed by atoms with Crippen molar-refractivity contribution >= 4 is 11.8 Å². The first-order valence-electron chi connectivity index (χ1n) is 12.4. The van der Waals surface area contributed by atoms with Crippen LogP contribution in [0.3, 0.4) is 0 Å². The molecule has 0 spiro atoms. The van der Waals surface area contributed by atoms with Crippen LogP contribution in [0.15, 0.2) is 55.1 Å². The van der Waals surface area contributed by atoms with Crippen LogP contribution in [0.25, 0.3) is 5.69 Å². The largest absolute Gasteiger partial charge is 0.481 e. The van der Waals surface area contributed by atoms with E-state index in [-0.39, 0.29) is 11.8 Å². The molecule has 4 heterocycles. The maximum absolute atomic E-state index is 11.0. The minimum Gasteiger partial charge on any atom is -0.481 e. The molecule has 0 radical (unpaired) electrons. The zero-order valence-corrected chi connectivity index (χ0v) is 19.6. The van der Waals surface area contributed by atoms with E-state index in [1.54, 1.807) is 6.20 Å². The Kier molecular flexibility index (Phi) is 6.63. The van der Waals surface area contributed by atoms with Gasteiger partial charge in [0.25, 0.3) is 0 Å². The van der Waals surface area contributed by atoms with Gasteiger partial charge in [-0.25, -0.2) is 9.97 Å². The molecule has 1 aromatic carbocycles. The number of pyridine rings is 1. The lowest BCUT2D eigenvalue weighted by atomic mass is 9.75. The average Bonchev–Trinajstić information content (AvgIpc) is 3.54. The van der Waals surface area contributed by atoms with Gasteiger partial charge in [0.15, 0.2) is 0 Å². The monoisotopic (exact) mass is 459 g/mol. The number of fused-ring (bicyclic) bond motifs is 1. The van der Waals surface area contributed by atoms with Gasteiger partial charge in [-0.05, 0) is 80.9 Å². The molecule has 1 atom stereocenters. The van der Waals surface area contributed by atoms with Gasteiger partial charge in [0.2, 0.25) is 0 Å². The fourth-order valence-corrected chi connectivity index (χ4v) is 5.47. The Bertz CT molecular complexity index is 1130. The van der Waals surface area contributed by atoms with Gasteiger partial charge in [-0.3, -0.25) is 4.79 Å². The van der Waals surface area contributed by atoms with Crippen LogP contribution in [0.1, 0.15) is 48.9 Å². The number of anilines is 1. The molecule has 0 amide bonds. The number of aliphatic carboxylic acids is 1. The number of benzene rings is 1. The molecule has 2 aromatic heterocycles. The highest BCUT2D eigenvalue weighted by Crippen LogP contribution is 2.39. The molecule has 0 saturated carbocycles. The number of carbonyl (C=O) groups is 1. The summed E-state index contributed by atoms with van der Waals surface area (Å²) in [7, 11) is 0. The van der Waals surface area contributed by atoms with Crippen molar-refractivity contribution in [3.8, 4) is 5.69 Å². The van der Waals surface area contributed by atoms with Crippen LogP contribution in [0.4, 0.5) is 5.82 Å². The highest BCUT2D eigenvalue weighted by Gasteiger charge is 2.39. The summed E-state index contributed by atoms with van der Waals surface area (Å²) in [6.45, 7) is 3.77. The summed E-state index contributed by atoms with van der Waals surface area (Å²) in [5, 5.41) is 12.5. The number of imidazole rings is 1. The third kappa shape index (κ3) is 4.99. The minimum atomic E-state index is -0.717. The molecule has 1 fully saturated rings. The summed E-state index contributed by atoms with van der Waals surface area (Å²) < 4.78 is 2.05. The van der Waals surface area contributed by atoms with E-state index in [9.17, 15) is 4.79 Å². The molecular formula is C27H33N5O2. The SMILES string of the molecule is O=C(O)CCCN1CC[C@](CCc2ccc3c(n2)NCCC3)(c2cccc(-n3ccnc3)c2)C1. The Hall–Kier alpha value is -3.19. The van der Waals surface area contributed by atoms with Crippen molar-refractivity contribution in [3.05, 3.63) is 71.9 Å². The molecule has 2 aliphatic heterocycles. The summed E-state index contributed by atoms with van der Waals surface area (Å²) in [6, 6.07) is 13.2. The van der Waals surface area contributed by atoms with E-state index in [1.165, 1.54) is 17.5 Å². The quantitative estimate of drug-likeness (QED) is 0.502. The lowest BCUT2D eigenvalue weighted by molar-refractivity contribution is -0.137. The lowest BCUT2D eigenvalue weighted by Crippen LogP contribution is -2.32. The number of nitrogens with one attached hydrogen (secondary N) is 1. The molecule has 0 bridgehead atoms. The highest BCUT2D eigenvalue weighted by atomic mass is 16.4. The molecule has 34 heavy (non-hydrogen) atoms. The maximum Gasteiger partial charge on any atom is 0.303 e. The number of hydrogen-bond donors (Lipinski definition) is 2. The molecular weight excluding hydrogens is 426 g/mol. The summed E-state index contributed by atoms with van der Waals surface area (Å²) in [5.41, 5.74) is 4.95. The third-order valence-electron chi connectivity index (χ3n) is 7.37.